The highest BCUT2D eigenvalue weighted by molar-refractivity contribution is 7.09. The van der Waals surface area contributed by atoms with Crippen molar-refractivity contribution in [1.82, 2.24) is 25.2 Å². The molecule has 0 bridgehead atoms. The van der Waals surface area contributed by atoms with Crippen LogP contribution in [0.25, 0.3) is 11.0 Å². The average molecular weight is 520 g/mol. The fourth-order valence-electron chi connectivity index (χ4n) is 4.02. The van der Waals surface area contributed by atoms with Crippen molar-refractivity contribution in [3.8, 4) is 5.75 Å². The summed E-state index contributed by atoms with van der Waals surface area (Å²) < 4.78 is 7.19. The van der Waals surface area contributed by atoms with Crippen LogP contribution in [0.4, 0.5) is 0 Å². The predicted octanol–water partition coefficient (Wildman–Crippen LogP) is 4.97. The van der Waals surface area contributed by atoms with Crippen molar-refractivity contribution in [3.63, 3.8) is 0 Å². The fraction of sp³-hybridized carbons (Fsp3) is 0.357. The van der Waals surface area contributed by atoms with Crippen LogP contribution >= 0.6 is 11.3 Å². The quantitative estimate of drug-likeness (QED) is 0.302. The van der Waals surface area contributed by atoms with Crippen LogP contribution in [-0.2, 0) is 22.7 Å². The lowest BCUT2D eigenvalue weighted by atomic mass is 9.98. The van der Waals surface area contributed by atoms with E-state index < -0.39 is 11.6 Å². The number of hydrogen-bond acceptors (Lipinski definition) is 6. The number of carbonyl (C=O) groups excluding carboxylic acids is 2. The van der Waals surface area contributed by atoms with Crippen LogP contribution in [0.1, 0.15) is 50.6 Å². The number of hydrogen-bond donors (Lipinski definition) is 1. The van der Waals surface area contributed by atoms with E-state index in [-0.39, 0.29) is 18.4 Å². The van der Waals surface area contributed by atoms with E-state index in [9.17, 15) is 9.59 Å². The SMILES string of the molecule is CCOc1ccc([C@@H](C(=O)NC(C)(C)CC)N(Cc2cccs2)C(=O)Cn2nnc3ccccc32)cc1. The molecule has 0 fully saturated rings. The Bertz CT molecular complexity index is 1330. The number of benzene rings is 2. The number of aromatic nitrogens is 3. The molecule has 0 aliphatic heterocycles. The molecule has 2 heterocycles. The van der Waals surface area contributed by atoms with Gasteiger partial charge in [0.15, 0.2) is 0 Å². The minimum Gasteiger partial charge on any atom is -0.494 e. The van der Waals surface area contributed by atoms with Gasteiger partial charge in [0.2, 0.25) is 11.8 Å². The first-order valence-electron chi connectivity index (χ1n) is 12.5. The van der Waals surface area contributed by atoms with Crippen molar-refractivity contribution in [2.75, 3.05) is 6.61 Å². The molecule has 1 atom stereocenters. The summed E-state index contributed by atoms with van der Waals surface area (Å²) in [6.07, 6.45) is 0.749. The number of nitrogens with one attached hydrogen (secondary N) is 1. The van der Waals surface area contributed by atoms with Gasteiger partial charge in [-0.15, -0.1) is 16.4 Å². The van der Waals surface area contributed by atoms with Crippen LogP contribution in [0.2, 0.25) is 0 Å². The number of para-hydroxylation sites is 1. The normalized spacial score (nSPS) is 12.3. The van der Waals surface area contributed by atoms with Crippen molar-refractivity contribution in [1.29, 1.82) is 0 Å². The van der Waals surface area contributed by atoms with Crippen molar-refractivity contribution >= 4 is 34.2 Å². The van der Waals surface area contributed by atoms with E-state index in [4.69, 9.17) is 4.74 Å². The molecule has 0 saturated carbocycles. The number of ether oxygens (including phenoxy) is 1. The second-order valence-corrected chi connectivity index (χ2v) is 10.5. The monoisotopic (exact) mass is 519 g/mol. The summed E-state index contributed by atoms with van der Waals surface area (Å²) >= 11 is 1.55. The lowest BCUT2D eigenvalue weighted by molar-refractivity contribution is -0.142. The van der Waals surface area contributed by atoms with E-state index in [2.05, 4.69) is 15.6 Å². The minimum atomic E-state index is -0.842. The molecule has 1 N–H and O–H groups in total. The third-order valence-electron chi connectivity index (χ3n) is 6.34. The molecule has 0 aliphatic carbocycles. The van der Waals surface area contributed by atoms with Gasteiger partial charge in [-0.2, -0.15) is 0 Å². The topological polar surface area (TPSA) is 89.4 Å². The summed E-state index contributed by atoms with van der Waals surface area (Å²) in [7, 11) is 0. The average Bonchev–Trinajstić information content (AvgIpc) is 3.55. The Kier molecular flexibility index (Phi) is 8.23. The Morgan fingerprint density at radius 1 is 1.08 bits per heavy atom. The molecule has 0 radical (unpaired) electrons. The molecule has 0 spiro atoms. The molecule has 0 aliphatic rings. The molecular formula is C28H33N5O3S. The van der Waals surface area contributed by atoms with Crippen LogP contribution in [0, 0.1) is 0 Å². The van der Waals surface area contributed by atoms with Crippen molar-refractivity contribution in [3.05, 3.63) is 76.5 Å². The van der Waals surface area contributed by atoms with Gasteiger partial charge in [-0.25, -0.2) is 4.68 Å². The first-order chi connectivity index (χ1) is 17.8. The summed E-state index contributed by atoms with van der Waals surface area (Å²) in [5.74, 6) is 0.251. The van der Waals surface area contributed by atoms with E-state index in [0.717, 1.165) is 16.8 Å². The van der Waals surface area contributed by atoms with E-state index >= 15 is 0 Å². The van der Waals surface area contributed by atoms with E-state index in [1.165, 1.54) is 0 Å². The highest BCUT2D eigenvalue weighted by Gasteiger charge is 2.34. The van der Waals surface area contributed by atoms with Gasteiger partial charge in [0.05, 0.1) is 18.7 Å². The maximum Gasteiger partial charge on any atom is 0.247 e. The molecule has 2 amide bonds. The molecule has 8 nitrogen and oxygen atoms in total. The zero-order valence-corrected chi connectivity index (χ0v) is 22.5. The van der Waals surface area contributed by atoms with Gasteiger partial charge in [0.1, 0.15) is 23.9 Å². The van der Waals surface area contributed by atoms with Crippen LogP contribution in [-0.4, -0.2) is 43.9 Å². The third kappa shape index (κ3) is 6.35. The van der Waals surface area contributed by atoms with E-state index in [0.29, 0.717) is 30.0 Å². The summed E-state index contributed by atoms with van der Waals surface area (Å²) in [5.41, 5.74) is 1.76. The third-order valence-corrected chi connectivity index (χ3v) is 7.21. The molecule has 0 saturated heterocycles. The molecule has 4 aromatic rings. The van der Waals surface area contributed by atoms with Crippen molar-refractivity contribution in [2.24, 2.45) is 0 Å². The van der Waals surface area contributed by atoms with E-state index in [1.807, 2.05) is 93.7 Å². The fourth-order valence-corrected chi connectivity index (χ4v) is 4.73. The molecule has 9 heteroatoms. The minimum absolute atomic E-state index is 0.0378. The second-order valence-electron chi connectivity index (χ2n) is 9.47. The molecule has 2 aromatic carbocycles. The number of rotatable bonds is 11. The summed E-state index contributed by atoms with van der Waals surface area (Å²) in [5, 5.41) is 13.5. The Morgan fingerprint density at radius 3 is 2.51 bits per heavy atom. The maximum absolute atomic E-state index is 13.9. The molecule has 0 unspecified atom stereocenters. The molecule has 194 valence electrons. The Morgan fingerprint density at radius 2 is 1.84 bits per heavy atom. The van der Waals surface area contributed by atoms with Crippen LogP contribution in [0.5, 0.6) is 5.75 Å². The predicted molar refractivity (Wildman–Crippen MR) is 145 cm³/mol. The highest BCUT2D eigenvalue weighted by Crippen LogP contribution is 2.28. The summed E-state index contributed by atoms with van der Waals surface area (Å²) in [6.45, 7) is 8.71. The zero-order valence-electron chi connectivity index (χ0n) is 21.7. The summed E-state index contributed by atoms with van der Waals surface area (Å²) in [4.78, 5) is 30.4. The zero-order chi connectivity index (χ0) is 26.4. The van der Waals surface area contributed by atoms with E-state index in [1.54, 1.807) is 20.9 Å². The van der Waals surface area contributed by atoms with Gasteiger partial charge in [0.25, 0.3) is 0 Å². The lowest BCUT2D eigenvalue weighted by Crippen LogP contribution is -2.50. The Hall–Kier alpha value is -3.72. The van der Waals surface area contributed by atoms with Gasteiger partial charge >= 0.3 is 0 Å². The number of nitrogens with zero attached hydrogens (tertiary/aromatic N) is 4. The van der Waals surface area contributed by atoms with Crippen LogP contribution in [0.15, 0.2) is 66.0 Å². The van der Waals surface area contributed by atoms with Crippen LogP contribution < -0.4 is 10.1 Å². The van der Waals surface area contributed by atoms with Gasteiger partial charge in [0, 0.05) is 10.4 Å². The highest BCUT2D eigenvalue weighted by atomic mass is 32.1. The molecule has 4 rings (SSSR count). The van der Waals surface area contributed by atoms with Crippen molar-refractivity contribution < 1.29 is 14.3 Å². The Balaban J connectivity index is 1.73. The maximum atomic E-state index is 13.9. The molecular weight excluding hydrogens is 486 g/mol. The van der Waals surface area contributed by atoms with Gasteiger partial charge in [-0.05, 0) is 68.5 Å². The van der Waals surface area contributed by atoms with Gasteiger partial charge in [-0.1, -0.05) is 42.5 Å². The van der Waals surface area contributed by atoms with Crippen molar-refractivity contribution in [2.45, 2.75) is 58.8 Å². The molecule has 37 heavy (non-hydrogen) atoms. The largest absolute Gasteiger partial charge is 0.494 e. The number of fused-ring (bicyclic) bond motifs is 1. The number of amides is 2. The second kappa shape index (κ2) is 11.6. The Labute approximate surface area is 221 Å². The lowest BCUT2D eigenvalue weighted by Gasteiger charge is -2.34. The number of thiophene rings is 1. The first-order valence-corrected chi connectivity index (χ1v) is 13.3. The first kappa shape index (κ1) is 26.3. The van der Waals surface area contributed by atoms with Gasteiger partial charge in [-0.3, -0.25) is 9.59 Å². The summed E-state index contributed by atoms with van der Waals surface area (Å²) in [6, 6.07) is 18.0. The van der Waals surface area contributed by atoms with Crippen LogP contribution in [0.3, 0.4) is 0 Å². The standard InChI is InChI=1S/C28H33N5O3S/c1-5-28(3,4)29-27(35)26(20-13-15-21(16-14-20)36-6-2)32(18-22-10-9-17-37-22)25(34)19-33-24-12-8-7-11-23(24)30-31-33/h7-17,26H,5-6,18-19H2,1-4H3,(H,29,35)/t26-/m0/s1. The van der Waals surface area contributed by atoms with Gasteiger partial charge < -0.3 is 15.0 Å². The smallest absolute Gasteiger partial charge is 0.247 e. The number of carbonyl (C=O) groups is 2. The molecule has 2 aromatic heterocycles.